The molecule has 0 aromatic heterocycles. The highest BCUT2D eigenvalue weighted by molar-refractivity contribution is 7.80. The first kappa shape index (κ1) is 21.5. The zero-order valence-corrected chi connectivity index (χ0v) is 18.1. The molecule has 0 fully saturated rings. The van der Waals surface area contributed by atoms with Crippen LogP contribution in [0.4, 0.5) is 11.4 Å². The Balaban J connectivity index is 1.38. The van der Waals surface area contributed by atoms with E-state index in [9.17, 15) is 14.4 Å². The van der Waals surface area contributed by atoms with Gasteiger partial charge in [-0.05, 0) is 54.7 Å². The summed E-state index contributed by atoms with van der Waals surface area (Å²) in [5.74, 6) is -0.703. The number of carbonyl (C=O) groups is 3. The Labute approximate surface area is 193 Å². The molecule has 0 spiro atoms. The topological polar surface area (TPSA) is 87.7 Å². The van der Waals surface area contributed by atoms with Gasteiger partial charge in [0.15, 0.2) is 11.7 Å². The maximum absolute atomic E-state index is 12.6. The molecule has 0 saturated carbocycles. The number of benzene rings is 3. The van der Waals surface area contributed by atoms with Crippen LogP contribution in [0, 0.1) is 0 Å². The van der Waals surface area contributed by atoms with Crippen LogP contribution in [0.15, 0.2) is 72.8 Å². The minimum atomic E-state index is -0.440. The van der Waals surface area contributed by atoms with Crippen LogP contribution in [0.5, 0.6) is 5.75 Å². The summed E-state index contributed by atoms with van der Waals surface area (Å²) < 4.78 is 5.37. The Morgan fingerprint density at radius 3 is 2.19 bits per heavy atom. The number of rotatable bonds is 5. The van der Waals surface area contributed by atoms with Crippen molar-refractivity contribution in [3.63, 3.8) is 0 Å². The Morgan fingerprint density at radius 2 is 1.56 bits per heavy atom. The number of fused-ring (bicyclic) bond motifs is 1. The largest absolute Gasteiger partial charge is 0.484 e. The van der Waals surface area contributed by atoms with Crippen molar-refractivity contribution in [2.45, 2.75) is 0 Å². The molecule has 3 aromatic carbocycles. The van der Waals surface area contributed by atoms with E-state index in [0.717, 1.165) is 4.90 Å². The van der Waals surface area contributed by atoms with Gasteiger partial charge in [-0.1, -0.05) is 41.9 Å². The molecule has 0 unspecified atom stereocenters. The third-order valence-corrected chi connectivity index (χ3v) is 5.14. The van der Waals surface area contributed by atoms with E-state index in [1.54, 1.807) is 60.7 Å². The first-order valence-corrected chi connectivity index (χ1v) is 10.3. The first-order chi connectivity index (χ1) is 15.4. The average Bonchev–Trinajstić information content (AvgIpc) is 3.05. The van der Waals surface area contributed by atoms with Gasteiger partial charge in [-0.3, -0.25) is 19.7 Å². The minimum absolute atomic E-state index is 0.0297. The molecule has 2 N–H and O–H groups in total. The summed E-state index contributed by atoms with van der Waals surface area (Å²) in [6, 6.07) is 20.1. The van der Waals surface area contributed by atoms with Crippen molar-refractivity contribution in [2.75, 3.05) is 16.8 Å². The SMILES string of the molecule is O=C(COc1ccccc1)NC(=S)Nc1ccc(N2C(=O)c3ccccc3C2=O)cc1Cl. The summed E-state index contributed by atoms with van der Waals surface area (Å²) in [7, 11) is 0. The van der Waals surface area contributed by atoms with E-state index in [2.05, 4.69) is 10.6 Å². The molecule has 160 valence electrons. The molecule has 0 atom stereocenters. The summed E-state index contributed by atoms with van der Waals surface area (Å²) in [6.07, 6.45) is 0. The van der Waals surface area contributed by atoms with Gasteiger partial charge in [-0.25, -0.2) is 4.90 Å². The standard InChI is InChI=1S/C23H16ClN3O4S/c24-18-12-14(27-21(29)16-8-4-5-9-17(16)22(27)30)10-11-19(18)25-23(32)26-20(28)13-31-15-6-2-1-3-7-15/h1-12H,13H2,(H2,25,26,28,32). The molecule has 3 aromatic rings. The fourth-order valence-electron chi connectivity index (χ4n) is 3.15. The maximum atomic E-state index is 12.6. The van der Waals surface area contributed by atoms with E-state index in [-0.39, 0.29) is 16.7 Å². The fourth-order valence-corrected chi connectivity index (χ4v) is 3.60. The molecule has 0 bridgehead atoms. The van der Waals surface area contributed by atoms with Crippen molar-refractivity contribution in [1.29, 1.82) is 0 Å². The number of hydrogen-bond donors (Lipinski definition) is 2. The Kier molecular flexibility index (Phi) is 6.16. The highest BCUT2D eigenvalue weighted by Gasteiger charge is 2.36. The lowest BCUT2D eigenvalue weighted by molar-refractivity contribution is -0.121. The number of halogens is 1. The van der Waals surface area contributed by atoms with Crippen LogP contribution in [0.2, 0.25) is 5.02 Å². The molecule has 4 rings (SSSR count). The number of anilines is 2. The molecule has 0 radical (unpaired) electrons. The van der Waals surface area contributed by atoms with Crippen molar-refractivity contribution >= 4 is 58.0 Å². The lowest BCUT2D eigenvalue weighted by atomic mass is 10.1. The van der Waals surface area contributed by atoms with Gasteiger partial charge in [0.2, 0.25) is 0 Å². The van der Waals surface area contributed by atoms with E-state index in [1.807, 2.05) is 6.07 Å². The van der Waals surface area contributed by atoms with Crippen LogP contribution in [-0.2, 0) is 4.79 Å². The van der Waals surface area contributed by atoms with E-state index < -0.39 is 17.7 Å². The fraction of sp³-hybridized carbons (Fsp3) is 0.0435. The smallest absolute Gasteiger partial charge is 0.266 e. The highest BCUT2D eigenvalue weighted by Crippen LogP contribution is 2.32. The second-order valence-electron chi connectivity index (χ2n) is 6.76. The number of thiocarbonyl (C=S) groups is 1. The van der Waals surface area contributed by atoms with Crippen molar-refractivity contribution in [1.82, 2.24) is 5.32 Å². The molecule has 1 aliphatic rings. The van der Waals surface area contributed by atoms with Gasteiger partial charge in [0.25, 0.3) is 17.7 Å². The van der Waals surface area contributed by atoms with E-state index in [0.29, 0.717) is 28.3 Å². The first-order valence-electron chi connectivity index (χ1n) is 9.50. The Bertz CT molecular complexity index is 1200. The monoisotopic (exact) mass is 465 g/mol. The summed E-state index contributed by atoms with van der Waals surface area (Å²) in [4.78, 5) is 38.4. The van der Waals surface area contributed by atoms with Crippen LogP contribution < -0.4 is 20.3 Å². The van der Waals surface area contributed by atoms with E-state index in [4.69, 9.17) is 28.6 Å². The number of ether oxygens (including phenoxy) is 1. The van der Waals surface area contributed by atoms with Gasteiger partial charge in [0, 0.05) is 0 Å². The van der Waals surface area contributed by atoms with Gasteiger partial charge >= 0.3 is 0 Å². The number of para-hydroxylation sites is 1. The zero-order chi connectivity index (χ0) is 22.7. The lowest BCUT2D eigenvalue weighted by Crippen LogP contribution is -2.37. The number of nitrogens with one attached hydrogen (secondary N) is 2. The van der Waals surface area contributed by atoms with Crippen LogP contribution in [-0.4, -0.2) is 29.4 Å². The number of amides is 3. The molecule has 3 amide bonds. The van der Waals surface area contributed by atoms with Crippen molar-refractivity contribution < 1.29 is 19.1 Å². The van der Waals surface area contributed by atoms with Crippen LogP contribution in [0.25, 0.3) is 0 Å². The predicted octanol–water partition coefficient (Wildman–Crippen LogP) is 4.03. The predicted molar refractivity (Wildman–Crippen MR) is 125 cm³/mol. The summed E-state index contributed by atoms with van der Waals surface area (Å²) in [5, 5.41) is 5.57. The highest BCUT2D eigenvalue weighted by atomic mass is 35.5. The second-order valence-corrected chi connectivity index (χ2v) is 7.57. The van der Waals surface area contributed by atoms with Gasteiger partial charge in [-0.2, -0.15) is 0 Å². The van der Waals surface area contributed by atoms with E-state index in [1.165, 1.54) is 6.07 Å². The summed E-state index contributed by atoms with van der Waals surface area (Å²) in [6.45, 7) is -0.210. The molecule has 0 aliphatic carbocycles. The number of nitrogens with zero attached hydrogens (tertiary/aromatic N) is 1. The summed E-state index contributed by atoms with van der Waals surface area (Å²) in [5.41, 5.74) is 1.43. The Morgan fingerprint density at radius 1 is 0.938 bits per heavy atom. The lowest BCUT2D eigenvalue weighted by Gasteiger charge is -2.16. The molecule has 9 heteroatoms. The molecule has 32 heavy (non-hydrogen) atoms. The van der Waals surface area contributed by atoms with Crippen LogP contribution >= 0.6 is 23.8 Å². The van der Waals surface area contributed by atoms with Gasteiger partial charge < -0.3 is 10.1 Å². The maximum Gasteiger partial charge on any atom is 0.266 e. The molecular formula is C23H16ClN3O4S. The van der Waals surface area contributed by atoms with Gasteiger partial charge in [-0.15, -0.1) is 0 Å². The normalized spacial score (nSPS) is 12.3. The van der Waals surface area contributed by atoms with Crippen LogP contribution in [0.1, 0.15) is 20.7 Å². The number of imide groups is 1. The summed E-state index contributed by atoms with van der Waals surface area (Å²) >= 11 is 11.5. The average molecular weight is 466 g/mol. The molecule has 1 heterocycles. The quantitative estimate of drug-likeness (QED) is 0.437. The second kappa shape index (κ2) is 9.17. The van der Waals surface area contributed by atoms with Crippen molar-refractivity contribution in [3.05, 3.63) is 88.9 Å². The molecule has 1 aliphatic heterocycles. The molecular weight excluding hydrogens is 450 g/mol. The van der Waals surface area contributed by atoms with Gasteiger partial charge in [0.05, 0.1) is 27.5 Å². The van der Waals surface area contributed by atoms with E-state index >= 15 is 0 Å². The molecule has 7 nitrogen and oxygen atoms in total. The van der Waals surface area contributed by atoms with Gasteiger partial charge in [0.1, 0.15) is 5.75 Å². The zero-order valence-electron chi connectivity index (χ0n) is 16.5. The number of hydrogen-bond acceptors (Lipinski definition) is 5. The van der Waals surface area contributed by atoms with Crippen LogP contribution in [0.3, 0.4) is 0 Å². The van der Waals surface area contributed by atoms with Crippen molar-refractivity contribution in [3.8, 4) is 5.75 Å². The Hall–Kier alpha value is -3.75. The molecule has 0 saturated heterocycles. The van der Waals surface area contributed by atoms with Crippen molar-refractivity contribution in [2.24, 2.45) is 0 Å². The third kappa shape index (κ3) is 4.46. The number of carbonyl (C=O) groups excluding carboxylic acids is 3. The third-order valence-electron chi connectivity index (χ3n) is 4.62. The minimum Gasteiger partial charge on any atom is -0.484 e.